The summed E-state index contributed by atoms with van der Waals surface area (Å²) in [7, 11) is 0. The van der Waals surface area contributed by atoms with E-state index in [1.165, 1.54) is 0 Å². The highest BCUT2D eigenvalue weighted by molar-refractivity contribution is 4.92. The van der Waals surface area contributed by atoms with Crippen molar-refractivity contribution in [2.75, 3.05) is 0 Å². The lowest BCUT2D eigenvalue weighted by molar-refractivity contribution is -0.301. The van der Waals surface area contributed by atoms with Crippen LogP contribution in [-0.4, -0.2) is 12.2 Å². The molecule has 0 unspecified atom stereocenters. The summed E-state index contributed by atoms with van der Waals surface area (Å²) in [5, 5.41) is 0. The van der Waals surface area contributed by atoms with Gasteiger partial charge in [-0.25, -0.2) is 0 Å². The van der Waals surface area contributed by atoms with Gasteiger partial charge in [0.25, 0.3) is 6.08 Å². The summed E-state index contributed by atoms with van der Waals surface area (Å²) >= 11 is 0. The van der Waals surface area contributed by atoms with Crippen LogP contribution in [0.15, 0.2) is 12.2 Å². The summed E-state index contributed by atoms with van der Waals surface area (Å²) in [5.41, 5.74) is 0. The average Bonchev–Trinajstić information content (AvgIpc) is 2.41. The zero-order chi connectivity index (χ0) is 15.5. The highest BCUT2D eigenvalue weighted by atomic mass is 19.3. The first-order valence-electron chi connectivity index (χ1n) is 7.95. The average molecular weight is 308 g/mol. The van der Waals surface area contributed by atoms with E-state index in [1.807, 2.05) is 0 Å². The second-order valence-electron chi connectivity index (χ2n) is 6.63. The fourth-order valence-corrected chi connectivity index (χ4v) is 3.47. The molecule has 2 fully saturated rings. The topological polar surface area (TPSA) is 9.23 Å². The van der Waals surface area contributed by atoms with Gasteiger partial charge in [-0.15, -0.1) is 0 Å². The highest BCUT2D eigenvalue weighted by Crippen LogP contribution is 2.42. The quantitative estimate of drug-likeness (QED) is 0.600. The van der Waals surface area contributed by atoms with Crippen molar-refractivity contribution in [2.45, 2.75) is 70.5 Å². The zero-order valence-corrected chi connectivity index (χ0v) is 12.5. The maximum absolute atomic E-state index is 14.2. The van der Waals surface area contributed by atoms with Crippen LogP contribution in [0.4, 0.5) is 17.6 Å². The Balaban J connectivity index is 1.82. The van der Waals surface area contributed by atoms with Crippen molar-refractivity contribution in [3.63, 3.8) is 0 Å². The lowest BCUT2D eigenvalue weighted by Crippen LogP contribution is -2.38. The zero-order valence-electron chi connectivity index (χ0n) is 12.5. The molecular formula is C16H24F4O. The maximum atomic E-state index is 14.2. The van der Waals surface area contributed by atoms with Crippen molar-refractivity contribution >= 4 is 0 Å². The summed E-state index contributed by atoms with van der Waals surface area (Å²) in [5.74, 6) is -0.502. The summed E-state index contributed by atoms with van der Waals surface area (Å²) in [6.45, 7) is 2.13. The van der Waals surface area contributed by atoms with Crippen molar-refractivity contribution in [1.29, 1.82) is 0 Å². The van der Waals surface area contributed by atoms with Gasteiger partial charge in [0.2, 0.25) is 0 Å². The molecule has 2 aliphatic carbocycles. The summed E-state index contributed by atoms with van der Waals surface area (Å²) < 4.78 is 57.8. The van der Waals surface area contributed by atoms with E-state index in [4.69, 9.17) is 4.74 Å². The molecule has 2 saturated carbocycles. The minimum atomic E-state index is -3.12. The Morgan fingerprint density at radius 1 is 0.952 bits per heavy atom. The SMILES string of the molecule is CC1CCC(OC(F)(F)C2CCC(C=C(F)F)CC2)CC1. The molecule has 0 atom stereocenters. The van der Waals surface area contributed by atoms with Gasteiger partial charge in [0.05, 0.1) is 12.0 Å². The summed E-state index contributed by atoms with van der Waals surface area (Å²) in [6.07, 6.45) is 0.285. The van der Waals surface area contributed by atoms with E-state index in [1.54, 1.807) is 0 Å². The molecule has 0 saturated heterocycles. The molecule has 0 aliphatic heterocycles. The van der Waals surface area contributed by atoms with Gasteiger partial charge in [-0.1, -0.05) is 6.92 Å². The first-order chi connectivity index (χ1) is 9.87. The Labute approximate surface area is 123 Å². The van der Waals surface area contributed by atoms with Crippen molar-refractivity contribution in [3.8, 4) is 0 Å². The van der Waals surface area contributed by atoms with Crippen molar-refractivity contribution in [3.05, 3.63) is 12.2 Å². The molecule has 0 heterocycles. The van der Waals surface area contributed by atoms with Gasteiger partial charge < -0.3 is 4.74 Å². The largest absolute Gasteiger partial charge is 0.358 e. The number of alkyl halides is 2. The van der Waals surface area contributed by atoms with E-state index in [9.17, 15) is 17.6 Å². The van der Waals surface area contributed by atoms with Crippen LogP contribution >= 0.6 is 0 Å². The third-order valence-corrected chi connectivity index (χ3v) is 4.90. The molecule has 5 heteroatoms. The van der Waals surface area contributed by atoms with Crippen molar-refractivity contribution in [1.82, 2.24) is 0 Å². The Kier molecular flexibility index (Phi) is 5.69. The van der Waals surface area contributed by atoms with E-state index >= 15 is 0 Å². The third kappa shape index (κ3) is 4.97. The van der Waals surface area contributed by atoms with Crippen LogP contribution in [0.2, 0.25) is 0 Å². The lowest BCUT2D eigenvalue weighted by Gasteiger charge is -2.36. The van der Waals surface area contributed by atoms with Crippen LogP contribution in [0.25, 0.3) is 0 Å². The molecule has 21 heavy (non-hydrogen) atoms. The molecule has 0 aromatic rings. The minimum Gasteiger partial charge on any atom is -0.317 e. The Morgan fingerprint density at radius 2 is 1.52 bits per heavy atom. The molecule has 0 spiro atoms. The smallest absolute Gasteiger partial charge is 0.317 e. The van der Waals surface area contributed by atoms with Gasteiger partial charge in [-0.3, -0.25) is 0 Å². The van der Waals surface area contributed by atoms with E-state index < -0.39 is 18.1 Å². The first-order valence-corrected chi connectivity index (χ1v) is 7.95. The van der Waals surface area contributed by atoms with Crippen LogP contribution in [0, 0.1) is 17.8 Å². The van der Waals surface area contributed by atoms with Crippen LogP contribution in [0.3, 0.4) is 0 Å². The van der Waals surface area contributed by atoms with Gasteiger partial charge in [-0.05, 0) is 69.3 Å². The number of hydrogen-bond donors (Lipinski definition) is 0. The predicted octanol–water partition coefficient (Wildman–Crippen LogP) is 5.76. The minimum absolute atomic E-state index is 0.255. The Hall–Kier alpha value is -0.580. The van der Waals surface area contributed by atoms with E-state index in [0.717, 1.165) is 18.9 Å². The molecule has 2 rings (SSSR count). The molecule has 0 N–H and O–H groups in total. The van der Waals surface area contributed by atoms with Crippen LogP contribution < -0.4 is 0 Å². The number of halogens is 4. The van der Waals surface area contributed by atoms with E-state index in [2.05, 4.69) is 6.92 Å². The van der Waals surface area contributed by atoms with Crippen LogP contribution in [0.5, 0.6) is 0 Å². The van der Waals surface area contributed by atoms with Gasteiger partial charge in [-0.2, -0.15) is 17.6 Å². The fraction of sp³-hybridized carbons (Fsp3) is 0.875. The maximum Gasteiger partial charge on any atom is 0.358 e. The first kappa shape index (κ1) is 16.8. The normalized spacial score (nSPS) is 34.5. The number of ether oxygens (including phenoxy) is 1. The molecule has 0 radical (unpaired) electrons. The summed E-state index contributed by atoms with van der Waals surface area (Å²) in [4.78, 5) is 0. The molecule has 2 aliphatic rings. The number of hydrogen-bond acceptors (Lipinski definition) is 1. The van der Waals surface area contributed by atoms with E-state index in [-0.39, 0.29) is 24.9 Å². The number of rotatable bonds is 4. The lowest BCUT2D eigenvalue weighted by atomic mass is 9.81. The molecule has 0 bridgehead atoms. The number of allylic oxidation sites excluding steroid dienone is 1. The fourth-order valence-electron chi connectivity index (χ4n) is 3.47. The van der Waals surface area contributed by atoms with Crippen LogP contribution in [-0.2, 0) is 4.74 Å². The standard InChI is InChI=1S/C16H24F4O/c1-11-2-8-14(9-3-11)21-16(19,20)13-6-4-12(5-7-13)10-15(17)18/h10-14H,2-9H2,1H3. The monoisotopic (exact) mass is 308 g/mol. The molecule has 122 valence electrons. The molecule has 0 aromatic carbocycles. The molecule has 1 nitrogen and oxygen atoms in total. The summed E-state index contributed by atoms with van der Waals surface area (Å²) in [6, 6.07) is 0. The Morgan fingerprint density at radius 3 is 2.05 bits per heavy atom. The third-order valence-electron chi connectivity index (χ3n) is 4.90. The van der Waals surface area contributed by atoms with Gasteiger partial charge in [0.15, 0.2) is 0 Å². The van der Waals surface area contributed by atoms with Gasteiger partial charge in [0.1, 0.15) is 0 Å². The predicted molar refractivity (Wildman–Crippen MR) is 73.2 cm³/mol. The van der Waals surface area contributed by atoms with Crippen molar-refractivity contribution < 1.29 is 22.3 Å². The second kappa shape index (κ2) is 7.12. The Bertz CT molecular complexity index is 349. The van der Waals surface area contributed by atoms with Crippen molar-refractivity contribution in [2.24, 2.45) is 17.8 Å². The van der Waals surface area contributed by atoms with Gasteiger partial charge >= 0.3 is 6.11 Å². The highest BCUT2D eigenvalue weighted by Gasteiger charge is 2.44. The van der Waals surface area contributed by atoms with Gasteiger partial charge in [0, 0.05) is 0 Å². The second-order valence-corrected chi connectivity index (χ2v) is 6.63. The molecular weight excluding hydrogens is 284 g/mol. The van der Waals surface area contributed by atoms with Crippen LogP contribution in [0.1, 0.15) is 58.3 Å². The molecule has 0 aromatic heterocycles. The molecule has 0 amide bonds. The van der Waals surface area contributed by atoms with E-state index in [0.29, 0.717) is 31.6 Å².